The standard InChI is InChI=1S/C13H14O3/c1-5-8-10-11(4)15-13(14)16-12(7-3)9-6-2/h5-10H,1-4H2/b10-8-,12-9+. The molecule has 0 aromatic heterocycles. The van der Waals surface area contributed by atoms with Gasteiger partial charge < -0.3 is 9.47 Å². The molecule has 0 bridgehead atoms. The summed E-state index contributed by atoms with van der Waals surface area (Å²) in [5, 5.41) is 0. The number of ether oxygens (including phenoxy) is 2. The van der Waals surface area contributed by atoms with Crippen molar-refractivity contribution in [2.24, 2.45) is 0 Å². The second-order valence-electron chi connectivity index (χ2n) is 2.52. The van der Waals surface area contributed by atoms with E-state index in [1.807, 2.05) is 0 Å². The maximum atomic E-state index is 11.2. The van der Waals surface area contributed by atoms with Gasteiger partial charge in [-0.3, -0.25) is 0 Å². The van der Waals surface area contributed by atoms with Crippen molar-refractivity contribution in [3.63, 3.8) is 0 Å². The van der Waals surface area contributed by atoms with Crippen LogP contribution in [0.4, 0.5) is 4.79 Å². The van der Waals surface area contributed by atoms with E-state index in [0.717, 1.165) is 0 Å². The molecule has 0 aliphatic rings. The van der Waals surface area contributed by atoms with Gasteiger partial charge in [-0.05, 0) is 18.2 Å². The van der Waals surface area contributed by atoms with Gasteiger partial charge in [0.2, 0.25) is 0 Å². The maximum absolute atomic E-state index is 11.2. The Labute approximate surface area is 95.4 Å². The van der Waals surface area contributed by atoms with Gasteiger partial charge in [-0.2, -0.15) is 0 Å². The Morgan fingerprint density at radius 1 is 1.06 bits per heavy atom. The van der Waals surface area contributed by atoms with E-state index in [9.17, 15) is 4.79 Å². The van der Waals surface area contributed by atoms with E-state index < -0.39 is 6.16 Å². The highest BCUT2D eigenvalue weighted by molar-refractivity contribution is 5.63. The van der Waals surface area contributed by atoms with Gasteiger partial charge in [-0.25, -0.2) is 4.79 Å². The summed E-state index contributed by atoms with van der Waals surface area (Å²) in [6, 6.07) is 0. The molecular weight excluding hydrogens is 204 g/mol. The first-order chi connectivity index (χ1) is 7.63. The van der Waals surface area contributed by atoms with Crippen LogP contribution in [0.1, 0.15) is 0 Å². The van der Waals surface area contributed by atoms with Gasteiger partial charge >= 0.3 is 6.16 Å². The summed E-state index contributed by atoms with van der Waals surface area (Å²) in [5.74, 6) is 0.410. The fraction of sp³-hybridized carbons (Fsp3) is 0. The minimum atomic E-state index is -0.883. The minimum absolute atomic E-state index is 0.159. The molecule has 0 radical (unpaired) electrons. The van der Waals surface area contributed by atoms with Crippen LogP contribution in [0.25, 0.3) is 0 Å². The average Bonchev–Trinajstić information content (AvgIpc) is 2.25. The molecule has 0 heterocycles. The normalized spacial score (nSPS) is 10.6. The maximum Gasteiger partial charge on any atom is 0.519 e. The zero-order chi connectivity index (χ0) is 12.4. The minimum Gasteiger partial charge on any atom is -0.395 e. The van der Waals surface area contributed by atoms with E-state index in [4.69, 9.17) is 9.47 Å². The van der Waals surface area contributed by atoms with Crippen LogP contribution in [0.5, 0.6) is 0 Å². The zero-order valence-electron chi connectivity index (χ0n) is 9.02. The summed E-state index contributed by atoms with van der Waals surface area (Å²) in [6.07, 6.45) is 8.04. The van der Waals surface area contributed by atoms with Crippen molar-refractivity contribution >= 4 is 6.16 Å². The number of hydrogen-bond donors (Lipinski definition) is 0. The smallest absolute Gasteiger partial charge is 0.395 e. The summed E-state index contributed by atoms with van der Waals surface area (Å²) in [6.45, 7) is 13.9. The first-order valence-electron chi connectivity index (χ1n) is 4.46. The quantitative estimate of drug-likeness (QED) is 0.388. The molecule has 0 aliphatic heterocycles. The van der Waals surface area contributed by atoms with E-state index in [0.29, 0.717) is 0 Å². The third-order valence-electron chi connectivity index (χ3n) is 1.32. The number of carbonyl (C=O) groups is 1. The highest BCUT2D eigenvalue weighted by Gasteiger charge is 2.06. The van der Waals surface area contributed by atoms with Gasteiger partial charge in [0.15, 0.2) is 0 Å². The lowest BCUT2D eigenvalue weighted by molar-refractivity contribution is 0.108. The van der Waals surface area contributed by atoms with Gasteiger partial charge in [-0.15, -0.1) is 0 Å². The Hall–Kier alpha value is -2.29. The average molecular weight is 218 g/mol. The van der Waals surface area contributed by atoms with Gasteiger partial charge in [-0.1, -0.05) is 44.5 Å². The molecule has 0 rings (SSSR count). The lowest BCUT2D eigenvalue weighted by Crippen LogP contribution is -2.04. The Balaban J connectivity index is 4.27. The molecule has 0 aliphatic carbocycles. The van der Waals surface area contributed by atoms with Gasteiger partial charge in [0, 0.05) is 0 Å². The highest BCUT2D eigenvalue weighted by Crippen LogP contribution is 2.05. The molecule has 16 heavy (non-hydrogen) atoms. The van der Waals surface area contributed by atoms with Crippen LogP contribution >= 0.6 is 0 Å². The molecule has 0 atom stereocenters. The van der Waals surface area contributed by atoms with Crippen LogP contribution in [-0.4, -0.2) is 6.16 Å². The number of hydrogen-bond acceptors (Lipinski definition) is 3. The fourth-order valence-electron chi connectivity index (χ4n) is 0.693. The van der Waals surface area contributed by atoms with Crippen molar-refractivity contribution < 1.29 is 14.3 Å². The van der Waals surface area contributed by atoms with Crippen LogP contribution in [0, 0.1) is 0 Å². The number of rotatable bonds is 6. The molecule has 0 N–H and O–H groups in total. The topological polar surface area (TPSA) is 35.5 Å². The summed E-state index contributed by atoms with van der Waals surface area (Å²) < 4.78 is 9.50. The third-order valence-corrected chi connectivity index (χ3v) is 1.32. The Kier molecular flexibility index (Phi) is 6.90. The fourth-order valence-corrected chi connectivity index (χ4v) is 0.693. The lowest BCUT2D eigenvalue weighted by Gasteiger charge is -2.04. The third kappa shape index (κ3) is 6.21. The molecule has 0 saturated heterocycles. The van der Waals surface area contributed by atoms with Crippen molar-refractivity contribution in [2.75, 3.05) is 0 Å². The van der Waals surface area contributed by atoms with Crippen LogP contribution in [0.2, 0.25) is 0 Å². The molecule has 0 aromatic carbocycles. The van der Waals surface area contributed by atoms with E-state index in [2.05, 4.69) is 26.3 Å². The molecule has 0 spiro atoms. The summed E-state index contributed by atoms with van der Waals surface area (Å²) in [4.78, 5) is 11.2. The zero-order valence-corrected chi connectivity index (χ0v) is 9.02. The number of allylic oxidation sites excluding steroid dienone is 6. The molecule has 0 unspecified atom stereocenters. The largest absolute Gasteiger partial charge is 0.519 e. The molecule has 0 amide bonds. The van der Waals surface area contributed by atoms with Crippen LogP contribution in [-0.2, 0) is 9.47 Å². The van der Waals surface area contributed by atoms with Crippen molar-refractivity contribution in [1.82, 2.24) is 0 Å². The molecule has 3 heteroatoms. The first-order valence-corrected chi connectivity index (χ1v) is 4.46. The second-order valence-corrected chi connectivity index (χ2v) is 2.52. The molecule has 0 aromatic rings. The first kappa shape index (κ1) is 13.7. The van der Waals surface area contributed by atoms with E-state index in [1.165, 1.54) is 30.4 Å². The number of carbonyl (C=O) groups excluding carboxylic acids is 1. The van der Waals surface area contributed by atoms with Crippen LogP contribution < -0.4 is 0 Å². The molecular formula is C13H14O3. The van der Waals surface area contributed by atoms with Crippen molar-refractivity contribution in [1.29, 1.82) is 0 Å². The second kappa shape index (κ2) is 8.05. The molecule has 84 valence electrons. The Morgan fingerprint density at radius 2 is 1.75 bits per heavy atom. The summed E-state index contributed by atoms with van der Waals surface area (Å²) >= 11 is 0. The van der Waals surface area contributed by atoms with Crippen molar-refractivity contribution in [3.05, 3.63) is 74.3 Å². The van der Waals surface area contributed by atoms with E-state index in [1.54, 1.807) is 6.08 Å². The predicted octanol–water partition coefficient (Wildman–Crippen LogP) is 3.65. The molecule has 0 fully saturated rings. The predicted molar refractivity (Wildman–Crippen MR) is 64.5 cm³/mol. The van der Waals surface area contributed by atoms with E-state index in [-0.39, 0.29) is 11.5 Å². The van der Waals surface area contributed by atoms with Crippen molar-refractivity contribution in [2.45, 2.75) is 0 Å². The Morgan fingerprint density at radius 3 is 2.25 bits per heavy atom. The highest BCUT2D eigenvalue weighted by atomic mass is 16.7. The lowest BCUT2D eigenvalue weighted by atomic mass is 10.4. The van der Waals surface area contributed by atoms with Gasteiger partial charge in [0.05, 0.1) is 0 Å². The van der Waals surface area contributed by atoms with Crippen LogP contribution in [0.15, 0.2) is 74.3 Å². The summed E-state index contributed by atoms with van der Waals surface area (Å²) in [5.41, 5.74) is 0. The van der Waals surface area contributed by atoms with Crippen molar-refractivity contribution in [3.8, 4) is 0 Å². The Bertz CT molecular complexity index is 359. The SMILES string of the molecule is C=C/C=C\C(=C)OC(=O)O/C(C=C)=C/C=C. The molecule has 3 nitrogen and oxygen atoms in total. The van der Waals surface area contributed by atoms with Crippen LogP contribution in [0.3, 0.4) is 0 Å². The van der Waals surface area contributed by atoms with Gasteiger partial charge in [0.25, 0.3) is 0 Å². The van der Waals surface area contributed by atoms with E-state index >= 15 is 0 Å². The summed E-state index contributed by atoms with van der Waals surface area (Å²) in [7, 11) is 0. The molecule has 0 saturated carbocycles. The monoisotopic (exact) mass is 218 g/mol. The van der Waals surface area contributed by atoms with Gasteiger partial charge in [0.1, 0.15) is 11.5 Å².